The van der Waals surface area contributed by atoms with Crippen LogP contribution in [0, 0.1) is 0 Å². The minimum absolute atomic E-state index is 0.140. The number of fused-ring (bicyclic) bond motifs is 1. The lowest BCUT2D eigenvalue weighted by molar-refractivity contribution is -0.139. The summed E-state index contributed by atoms with van der Waals surface area (Å²) in [6.45, 7) is 4.79. The lowest BCUT2D eigenvalue weighted by Gasteiger charge is -2.40. The van der Waals surface area contributed by atoms with Crippen molar-refractivity contribution >= 4 is 45.8 Å². The average Bonchev–Trinajstić information content (AvgIpc) is 3.28. The van der Waals surface area contributed by atoms with E-state index in [0.29, 0.717) is 28.4 Å². The van der Waals surface area contributed by atoms with Crippen LogP contribution >= 0.6 is 23.1 Å². The second kappa shape index (κ2) is 9.06. The minimum atomic E-state index is -0.341. The van der Waals surface area contributed by atoms with E-state index in [-0.39, 0.29) is 17.9 Å². The lowest BCUT2D eigenvalue weighted by Crippen LogP contribution is -2.42. The van der Waals surface area contributed by atoms with Crippen LogP contribution in [-0.2, 0) is 9.53 Å². The van der Waals surface area contributed by atoms with Crippen molar-refractivity contribution in [2.24, 2.45) is 4.99 Å². The Labute approximate surface area is 184 Å². The fraction of sp³-hybridized carbons (Fsp3) is 0.318. The molecule has 156 valence electrons. The van der Waals surface area contributed by atoms with Crippen LogP contribution in [0.25, 0.3) is 0 Å². The summed E-state index contributed by atoms with van der Waals surface area (Å²) in [4.78, 5) is 32.8. The van der Waals surface area contributed by atoms with Crippen molar-refractivity contribution in [3.63, 3.8) is 0 Å². The van der Waals surface area contributed by atoms with E-state index in [1.807, 2.05) is 42.6 Å². The molecule has 1 N–H and O–H groups in total. The van der Waals surface area contributed by atoms with Crippen molar-refractivity contribution < 1.29 is 14.3 Å². The number of allylic oxidation sites excluding steroid dienone is 1. The molecule has 0 spiro atoms. The summed E-state index contributed by atoms with van der Waals surface area (Å²) in [7, 11) is 0. The third kappa shape index (κ3) is 4.15. The van der Waals surface area contributed by atoms with Crippen molar-refractivity contribution in [3.05, 3.63) is 63.5 Å². The van der Waals surface area contributed by atoms with Crippen molar-refractivity contribution in [2.45, 2.75) is 26.3 Å². The summed E-state index contributed by atoms with van der Waals surface area (Å²) in [6, 6.07) is 11.0. The van der Waals surface area contributed by atoms with Gasteiger partial charge in [-0.2, -0.15) is 0 Å². The number of nitrogens with zero attached hydrogens (tertiary/aromatic N) is 2. The Hall–Kier alpha value is -2.58. The van der Waals surface area contributed by atoms with Crippen LogP contribution in [0.3, 0.4) is 0 Å². The maximum absolute atomic E-state index is 12.8. The topological polar surface area (TPSA) is 71.0 Å². The summed E-state index contributed by atoms with van der Waals surface area (Å²) < 4.78 is 5.36. The predicted octanol–water partition coefficient (Wildman–Crippen LogP) is 4.69. The summed E-state index contributed by atoms with van der Waals surface area (Å²) >= 11 is 3.11. The van der Waals surface area contributed by atoms with Gasteiger partial charge in [0.1, 0.15) is 0 Å². The first kappa shape index (κ1) is 20.7. The Kier molecular flexibility index (Phi) is 6.24. The number of rotatable bonds is 5. The number of aliphatic imine (C=N–C) groups is 1. The fourth-order valence-corrected chi connectivity index (χ4v) is 5.31. The summed E-state index contributed by atoms with van der Waals surface area (Å²) in [6.07, 6.45) is 1.02. The van der Waals surface area contributed by atoms with Crippen LogP contribution < -0.4 is 5.32 Å². The molecule has 1 unspecified atom stereocenters. The number of hydrogen-bond acceptors (Lipinski definition) is 7. The number of benzene rings is 1. The van der Waals surface area contributed by atoms with Crippen LogP contribution in [0.4, 0.5) is 5.69 Å². The maximum atomic E-state index is 12.8. The van der Waals surface area contributed by atoms with Gasteiger partial charge in [0.15, 0.2) is 5.17 Å². The molecule has 1 amide bonds. The van der Waals surface area contributed by atoms with Crippen molar-refractivity contribution in [2.75, 3.05) is 24.2 Å². The Morgan fingerprint density at radius 1 is 1.30 bits per heavy atom. The van der Waals surface area contributed by atoms with Gasteiger partial charge in [0.2, 0.25) is 0 Å². The van der Waals surface area contributed by atoms with Crippen molar-refractivity contribution in [1.82, 2.24) is 4.90 Å². The number of esters is 1. The number of nitrogens with one attached hydrogen (secondary N) is 1. The predicted molar refractivity (Wildman–Crippen MR) is 122 cm³/mol. The Balaban J connectivity index is 1.70. The van der Waals surface area contributed by atoms with E-state index in [1.54, 1.807) is 24.8 Å². The van der Waals surface area contributed by atoms with Gasteiger partial charge in [-0.1, -0.05) is 30.0 Å². The highest BCUT2D eigenvalue weighted by atomic mass is 32.2. The van der Waals surface area contributed by atoms with Gasteiger partial charge in [0.25, 0.3) is 5.91 Å². The van der Waals surface area contributed by atoms with E-state index < -0.39 is 0 Å². The summed E-state index contributed by atoms with van der Waals surface area (Å²) in [5.74, 6) is 0.534. The largest absolute Gasteiger partial charge is 0.463 e. The van der Waals surface area contributed by atoms with E-state index in [0.717, 1.165) is 29.4 Å². The van der Waals surface area contributed by atoms with Crippen LogP contribution in [0.15, 0.2) is 58.0 Å². The Morgan fingerprint density at radius 3 is 2.93 bits per heavy atom. The first-order valence-electron chi connectivity index (χ1n) is 9.89. The number of carbonyl (C=O) groups is 2. The molecule has 2 aliphatic heterocycles. The van der Waals surface area contributed by atoms with Crippen molar-refractivity contribution in [1.29, 1.82) is 0 Å². The molecule has 6 nitrogen and oxygen atoms in total. The molecular formula is C22H23N3O3S2. The minimum Gasteiger partial charge on any atom is -0.463 e. The van der Waals surface area contributed by atoms with E-state index in [4.69, 9.17) is 4.74 Å². The summed E-state index contributed by atoms with van der Waals surface area (Å²) in [5.41, 5.74) is 2.87. The van der Waals surface area contributed by atoms with Crippen LogP contribution in [0.1, 0.15) is 41.5 Å². The summed E-state index contributed by atoms with van der Waals surface area (Å²) in [5, 5.41) is 5.77. The molecule has 3 heterocycles. The van der Waals surface area contributed by atoms with Gasteiger partial charge < -0.3 is 15.0 Å². The first-order chi connectivity index (χ1) is 14.6. The molecular weight excluding hydrogens is 418 g/mol. The van der Waals surface area contributed by atoms with Crippen LogP contribution in [0.2, 0.25) is 0 Å². The van der Waals surface area contributed by atoms with E-state index in [9.17, 15) is 9.59 Å². The molecule has 1 aromatic heterocycles. The number of carbonyl (C=O) groups excluding carboxylic acids is 2. The third-order valence-corrected chi connectivity index (χ3v) is 6.90. The zero-order chi connectivity index (χ0) is 21.1. The van der Waals surface area contributed by atoms with Crippen LogP contribution in [0.5, 0.6) is 0 Å². The monoisotopic (exact) mass is 441 g/mol. The quantitative estimate of drug-likeness (QED) is 0.682. The second-order valence-electron chi connectivity index (χ2n) is 6.97. The average molecular weight is 442 g/mol. The highest BCUT2D eigenvalue weighted by Crippen LogP contribution is 2.40. The third-order valence-electron chi connectivity index (χ3n) is 4.96. The second-order valence-corrected chi connectivity index (χ2v) is 8.98. The van der Waals surface area contributed by atoms with Gasteiger partial charge in [0, 0.05) is 18.0 Å². The number of amides is 1. The van der Waals surface area contributed by atoms with E-state index in [2.05, 4.69) is 15.2 Å². The molecule has 30 heavy (non-hydrogen) atoms. The van der Waals surface area contributed by atoms with Gasteiger partial charge >= 0.3 is 5.97 Å². The van der Waals surface area contributed by atoms with Crippen molar-refractivity contribution in [3.8, 4) is 0 Å². The number of thioether (sulfide) groups is 1. The molecule has 0 saturated carbocycles. The van der Waals surface area contributed by atoms with Gasteiger partial charge in [0.05, 0.1) is 28.8 Å². The highest BCUT2D eigenvalue weighted by Gasteiger charge is 2.37. The standard InChI is InChI=1S/C22H23N3O3S2/c1-3-28-21(27)18-14(2)23-22-25(10-6-12-30-22)19(18)15-7-4-8-16(13-15)24-20(26)17-9-5-11-29-17/h4-5,7-9,11,13,19H,3,6,10,12H2,1-2H3,(H,24,26). The lowest BCUT2D eigenvalue weighted by atomic mass is 9.94. The van der Waals surface area contributed by atoms with E-state index in [1.165, 1.54) is 11.3 Å². The molecule has 4 rings (SSSR count). The Bertz CT molecular complexity index is 1010. The first-order valence-corrected chi connectivity index (χ1v) is 11.8. The fourth-order valence-electron chi connectivity index (χ4n) is 3.67. The molecule has 8 heteroatoms. The SMILES string of the molecule is CCOC(=O)C1=C(C)N=C2SCCCN2C1c1cccc(NC(=O)c2cccs2)c1. The molecule has 1 saturated heterocycles. The number of hydrogen-bond donors (Lipinski definition) is 1. The number of ether oxygens (including phenoxy) is 1. The highest BCUT2D eigenvalue weighted by molar-refractivity contribution is 8.13. The molecule has 2 aliphatic rings. The molecule has 1 fully saturated rings. The Morgan fingerprint density at radius 2 is 2.17 bits per heavy atom. The molecule has 0 aliphatic carbocycles. The van der Waals surface area contributed by atoms with Gasteiger partial charge in [-0.15, -0.1) is 11.3 Å². The van der Waals surface area contributed by atoms with Gasteiger partial charge in [-0.05, 0) is 49.4 Å². The molecule has 2 aromatic rings. The smallest absolute Gasteiger partial charge is 0.338 e. The number of anilines is 1. The van der Waals surface area contributed by atoms with Gasteiger partial charge in [-0.3, -0.25) is 4.79 Å². The zero-order valence-corrected chi connectivity index (χ0v) is 18.5. The molecule has 1 aromatic carbocycles. The molecule has 0 bridgehead atoms. The van der Waals surface area contributed by atoms with Gasteiger partial charge in [-0.25, -0.2) is 9.79 Å². The number of thiophene rings is 1. The van der Waals surface area contributed by atoms with E-state index >= 15 is 0 Å². The van der Waals surface area contributed by atoms with Crippen LogP contribution in [-0.4, -0.2) is 40.8 Å². The normalized spacial score (nSPS) is 18.5. The molecule has 1 atom stereocenters. The number of amidine groups is 1. The maximum Gasteiger partial charge on any atom is 0.338 e. The molecule has 0 radical (unpaired) electrons. The zero-order valence-electron chi connectivity index (χ0n) is 16.9.